The van der Waals surface area contributed by atoms with E-state index in [1.807, 2.05) is 6.92 Å². The minimum Gasteiger partial charge on any atom is -0.481 e. The zero-order valence-electron chi connectivity index (χ0n) is 18.0. The molecule has 30 heavy (non-hydrogen) atoms. The number of thioether (sulfide) groups is 1. The fourth-order valence-electron chi connectivity index (χ4n) is 5.68. The zero-order valence-corrected chi connectivity index (χ0v) is 18.8. The first-order valence-electron chi connectivity index (χ1n) is 11.0. The van der Waals surface area contributed by atoms with E-state index >= 15 is 0 Å². The average molecular weight is 439 g/mol. The van der Waals surface area contributed by atoms with Crippen molar-refractivity contribution in [1.82, 2.24) is 9.80 Å². The Morgan fingerprint density at radius 2 is 2.07 bits per heavy atom. The lowest BCUT2D eigenvalue weighted by molar-refractivity contribution is -0.150. The summed E-state index contributed by atoms with van der Waals surface area (Å²) in [6.07, 6.45) is 6.03. The molecule has 2 unspecified atom stereocenters. The van der Waals surface area contributed by atoms with Crippen molar-refractivity contribution in [2.45, 2.75) is 67.9 Å². The average Bonchev–Trinajstić information content (AvgIpc) is 3.26. The van der Waals surface area contributed by atoms with E-state index in [0.717, 1.165) is 12.8 Å². The molecule has 8 heteroatoms. The Labute approximate surface area is 182 Å². The van der Waals surface area contributed by atoms with E-state index in [1.54, 1.807) is 27.6 Å². The molecule has 2 amide bonds. The number of rotatable bonds is 11. The van der Waals surface area contributed by atoms with Gasteiger partial charge in [-0.3, -0.25) is 14.4 Å². The third-order valence-electron chi connectivity index (χ3n) is 7.03. The van der Waals surface area contributed by atoms with Gasteiger partial charge in [0.05, 0.1) is 16.6 Å². The summed E-state index contributed by atoms with van der Waals surface area (Å²) in [5.41, 5.74) is 0. The molecule has 168 valence electrons. The summed E-state index contributed by atoms with van der Waals surface area (Å²) in [6, 6.07) is -0.651. The van der Waals surface area contributed by atoms with Crippen LogP contribution in [0.2, 0.25) is 0 Å². The summed E-state index contributed by atoms with van der Waals surface area (Å²) in [5.74, 6) is -2.68. The molecule has 3 fully saturated rings. The summed E-state index contributed by atoms with van der Waals surface area (Å²) in [5, 5.41) is 19.1. The smallest absolute Gasteiger partial charge is 0.308 e. The number of fused-ring (bicyclic) bond motifs is 1. The van der Waals surface area contributed by atoms with E-state index in [0.29, 0.717) is 45.3 Å². The van der Waals surface area contributed by atoms with Crippen LogP contribution in [0.5, 0.6) is 0 Å². The van der Waals surface area contributed by atoms with Gasteiger partial charge in [0.25, 0.3) is 0 Å². The van der Waals surface area contributed by atoms with Gasteiger partial charge in [0.15, 0.2) is 0 Å². The van der Waals surface area contributed by atoms with E-state index in [-0.39, 0.29) is 18.4 Å². The molecule has 0 aromatic heterocycles. The van der Waals surface area contributed by atoms with Gasteiger partial charge in [-0.2, -0.15) is 0 Å². The van der Waals surface area contributed by atoms with Crippen LogP contribution < -0.4 is 0 Å². The molecule has 7 nitrogen and oxygen atoms in total. The Kier molecular flexibility index (Phi) is 6.87. The van der Waals surface area contributed by atoms with Crippen molar-refractivity contribution < 1.29 is 24.6 Å². The van der Waals surface area contributed by atoms with E-state index in [9.17, 15) is 24.6 Å². The molecule has 3 rings (SSSR count). The number of aliphatic hydroxyl groups is 1. The molecule has 1 spiro atoms. The first-order valence-corrected chi connectivity index (χ1v) is 11.8. The van der Waals surface area contributed by atoms with Crippen LogP contribution in [-0.4, -0.2) is 79.6 Å². The second-order valence-corrected chi connectivity index (χ2v) is 10.9. The van der Waals surface area contributed by atoms with Crippen LogP contribution in [-0.2, 0) is 14.4 Å². The van der Waals surface area contributed by atoms with Gasteiger partial charge >= 0.3 is 5.97 Å². The maximum Gasteiger partial charge on any atom is 0.308 e. The second-order valence-electron chi connectivity index (χ2n) is 8.95. The molecule has 0 aromatic rings. The quantitative estimate of drug-likeness (QED) is 0.379. The van der Waals surface area contributed by atoms with Crippen LogP contribution in [0, 0.1) is 11.8 Å². The molecule has 0 aromatic carbocycles. The number of carbonyl (C=O) groups excluding carboxylic acids is 2. The zero-order chi connectivity index (χ0) is 22.1. The van der Waals surface area contributed by atoms with Gasteiger partial charge in [-0.25, -0.2) is 0 Å². The Balaban J connectivity index is 2.00. The fraction of sp³-hybridized carbons (Fsp3) is 0.773. The minimum atomic E-state index is -0.942. The molecule has 3 saturated heterocycles. The molecule has 0 saturated carbocycles. The van der Waals surface area contributed by atoms with Gasteiger partial charge in [0.1, 0.15) is 6.04 Å². The van der Waals surface area contributed by atoms with Crippen LogP contribution in [0.25, 0.3) is 0 Å². The lowest BCUT2D eigenvalue weighted by atomic mass is 9.66. The number of unbranched alkanes of at least 4 members (excludes halogenated alkanes) is 2. The van der Waals surface area contributed by atoms with Crippen LogP contribution in [0.1, 0.15) is 52.4 Å². The third-order valence-corrected chi connectivity index (χ3v) is 9.01. The fourth-order valence-corrected chi connectivity index (χ4v) is 8.03. The van der Waals surface area contributed by atoms with Crippen molar-refractivity contribution in [3.8, 4) is 0 Å². The standard InChI is InChI=1S/C22H34N2O5S/c1-4-6-12-23(11-5-2)19(27)17-22-10-9-21(3,30-22)16(20(28)29)15(22)18(26)24(17)13-7-8-14-25/h5,15-17,25H,2,4,6-14H2,1,3H3,(H,28,29)/t15-,16+,17?,21-,22?/m0/s1. The van der Waals surface area contributed by atoms with Crippen LogP contribution in [0.4, 0.5) is 0 Å². The Morgan fingerprint density at radius 1 is 1.33 bits per heavy atom. The number of hydrogen-bond donors (Lipinski definition) is 2. The largest absolute Gasteiger partial charge is 0.481 e. The number of aliphatic carboxylic acids is 1. The molecule has 3 aliphatic heterocycles. The molecular formula is C22H34N2O5S. The van der Waals surface area contributed by atoms with E-state index in [1.165, 1.54) is 0 Å². The van der Waals surface area contributed by atoms with E-state index in [4.69, 9.17) is 0 Å². The monoisotopic (exact) mass is 438 g/mol. The summed E-state index contributed by atoms with van der Waals surface area (Å²) in [7, 11) is 0. The number of carbonyl (C=O) groups is 3. The Hall–Kier alpha value is -1.54. The highest BCUT2D eigenvalue weighted by Crippen LogP contribution is 2.71. The third kappa shape index (κ3) is 3.55. The van der Waals surface area contributed by atoms with Gasteiger partial charge in [0.2, 0.25) is 11.8 Å². The molecule has 3 aliphatic rings. The second kappa shape index (κ2) is 8.91. The summed E-state index contributed by atoms with van der Waals surface area (Å²) < 4.78 is -1.20. The molecule has 5 atom stereocenters. The highest BCUT2D eigenvalue weighted by molar-refractivity contribution is 8.02. The predicted octanol–water partition coefficient (Wildman–Crippen LogP) is 2.14. The van der Waals surface area contributed by atoms with Crippen molar-refractivity contribution in [2.75, 3.05) is 26.2 Å². The highest BCUT2D eigenvalue weighted by atomic mass is 32.2. The summed E-state index contributed by atoms with van der Waals surface area (Å²) >= 11 is 1.56. The minimum absolute atomic E-state index is 0.0267. The highest BCUT2D eigenvalue weighted by Gasteiger charge is 2.77. The van der Waals surface area contributed by atoms with Crippen LogP contribution in [0.3, 0.4) is 0 Å². The first kappa shape index (κ1) is 23.1. The topological polar surface area (TPSA) is 98.2 Å². The van der Waals surface area contributed by atoms with E-state index in [2.05, 4.69) is 13.5 Å². The molecule has 3 heterocycles. The van der Waals surface area contributed by atoms with Gasteiger partial charge in [-0.1, -0.05) is 19.4 Å². The summed E-state index contributed by atoms with van der Waals surface area (Å²) in [4.78, 5) is 42.9. The first-order chi connectivity index (χ1) is 14.3. The van der Waals surface area contributed by atoms with Crippen LogP contribution >= 0.6 is 11.8 Å². The maximum atomic E-state index is 13.8. The van der Waals surface area contributed by atoms with Gasteiger partial charge < -0.3 is 20.0 Å². The number of likely N-dealkylation sites (tertiary alicyclic amines) is 1. The van der Waals surface area contributed by atoms with Crippen molar-refractivity contribution in [3.05, 3.63) is 12.7 Å². The van der Waals surface area contributed by atoms with Crippen LogP contribution in [0.15, 0.2) is 12.7 Å². The molecule has 2 bridgehead atoms. The molecular weight excluding hydrogens is 404 g/mol. The number of hydrogen-bond acceptors (Lipinski definition) is 5. The number of nitrogens with zero attached hydrogens (tertiary/aromatic N) is 2. The van der Waals surface area contributed by atoms with Crippen molar-refractivity contribution in [2.24, 2.45) is 11.8 Å². The molecule has 0 radical (unpaired) electrons. The number of amides is 2. The Bertz CT molecular complexity index is 716. The van der Waals surface area contributed by atoms with Gasteiger partial charge in [-0.05, 0) is 39.0 Å². The number of carboxylic acid groups (broad SMARTS) is 1. The number of carboxylic acids is 1. The van der Waals surface area contributed by atoms with Crippen molar-refractivity contribution >= 4 is 29.5 Å². The van der Waals surface area contributed by atoms with Crippen molar-refractivity contribution in [3.63, 3.8) is 0 Å². The van der Waals surface area contributed by atoms with Crippen molar-refractivity contribution in [1.29, 1.82) is 0 Å². The summed E-state index contributed by atoms with van der Waals surface area (Å²) in [6.45, 7) is 9.20. The molecule has 2 N–H and O–H groups in total. The predicted molar refractivity (Wildman–Crippen MR) is 116 cm³/mol. The number of aliphatic hydroxyl groups excluding tert-OH is 1. The maximum absolute atomic E-state index is 13.8. The normalized spacial score (nSPS) is 34.3. The lowest BCUT2D eigenvalue weighted by Gasteiger charge is -2.37. The van der Waals surface area contributed by atoms with E-state index < -0.39 is 33.3 Å². The Morgan fingerprint density at radius 3 is 2.67 bits per heavy atom. The SMILES string of the molecule is C=CCN(CCCC)C(=O)C1N(CCCCO)C(=O)[C@@H]2[C@H](C(=O)O)[C@]3(C)CCC12S3. The lowest BCUT2D eigenvalue weighted by Crippen LogP contribution is -2.55. The van der Waals surface area contributed by atoms with Gasteiger partial charge in [-0.15, -0.1) is 18.3 Å². The molecule has 0 aliphatic carbocycles. The van der Waals surface area contributed by atoms with Gasteiger partial charge in [0, 0.05) is 31.0 Å².